The number of nitrogens with one attached hydrogen (secondary N) is 1. The Hall–Kier alpha value is -2.60. The van der Waals surface area contributed by atoms with Crippen molar-refractivity contribution in [1.29, 1.82) is 0 Å². The van der Waals surface area contributed by atoms with Gasteiger partial charge in [0.05, 0.1) is 5.69 Å². The van der Waals surface area contributed by atoms with Crippen molar-refractivity contribution >= 4 is 23.4 Å². The van der Waals surface area contributed by atoms with Crippen LogP contribution < -0.4 is 5.32 Å². The molecule has 0 saturated carbocycles. The first-order chi connectivity index (χ1) is 12.1. The van der Waals surface area contributed by atoms with E-state index < -0.39 is 0 Å². The summed E-state index contributed by atoms with van der Waals surface area (Å²) in [6.45, 7) is 3.89. The summed E-state index contributed by atoms with van der Waals surface area (Å²) in [6.07, 6.45) is 1.67. The Morgan fingerprint density at radius 3 is 2.60 bits per heavy atom. The molecule has 0 aliphatic rings. The molecule has 25 heavy (non-hydrogen) atoms. The topological polar surface area (TPSA) is 81.2 Å². The van der Waals surface area contributed by atoms with Crippen molar-refractivity contribution in [2.45, 2.75) is 33.1 Å². The Bertz CT molecular complexity index is 849. The zero-order chi connectivity index (χ0) is 17.8. The van der Waals surface area contributed by atoms with Crippen LogP contribution in [0.25, 0.3) is 11.3 Å². The summed E-state index contributed by atoms with van der Waals surface area (Å²) in [5.41, 5.74) is 4.30. The lowest BCUT2D eigenvalue weighted by molar-refractivity contribution is -0.116. The average Bonchev–Trinajstić information content (AvgIpc) is 3.20. The van der Waals surface area contributed by atoms with Gasteiger partial charge in [-0.05, 0) is 36.9 Å². The van der Waals surface area contributed by atoms with Crippen molar-refractivity contribution < 1.29 is 13.8 Å². The number of aromatic nitrogens is 2. The lowest BCUT2D eigenvalue weighted by Gasteiger charge is -2.00. The molecule has 2 heterocycles. The molecule has 1 aromatic carbocycles. The molecule has 3 rings (SSSR count). The van der Waals surface area contributed by atoms with E-state index in [0.29, 0.717) is 23.7 Å². The third kappa shape index (κ3) is 4.09. The molecule has 7 heteroatoms. The van der Waals surface area contributed by atoms with Crippen LogP contribution in [0.3, 0.4) is 0 Å². The SMILES string of the molecule is CCc1ccc(-c2cc(NC(=O)CCc3c(C)noc3Cl)on2)cc1. The zero-order valence-electron chi connectivity index (χ0n) is 14.0. The maximum absolute atomic E-state index is 12.1. The molecule has 0 fully saturated rings. The van der Waals surface area contributed by atoms with Crippen LogP contribution in [0.15, 0.2) is 39.4 Å². The highest BCUT2D eigenvalue weighted by atomic mass is 35.5. The normalized spacial score (nSPS) is 10.8. The van der Waals surface area contributed by atoms with E-state index in [2.05, 4.69) is 22.6 Å². The van der Waals surface area contributed by atoms with Gasteiger partial charge in [-0.2, -0.15) is 0 Å². The van der Waals surface area contributed by atoms with Gasteiger partial charge in [-0.25, -0.2) is 0 Å². The Labute approximate surface area is 150 Å². The fourth-order valence-corrected chi connectivity index (χ4v) is 2.73. The Morgan fingerprint density at radius 1 is 1.20 bits per heavy atom. The third-order valence-electron chi connectivity index (χ3n) is 3.97. The van der Waals surface area contributed by atoms with Crippen LogP contribution in [0.5, 0.6) is 0 Å². The maximum Gasteiger partial charge on any atom is 0.231 e. The fraction of sp³-hybridized carbons (Fsp3) is 0.278. The van der Waals surface area contributed by atoms with E-state index in [1.807, 2.05) is 24.3 Å². The lowest BCUT2D eigenvalue weighted by atomic mass is 10.1. The molecule has 6 nitrogen and oxygen atoms in total. The summed E-state index contributed by atoms with van der Waals surface area (Å²) >= 11 is 5.89. The number of carbonyl (C=O) groups excluding carboxylic acids is 1. The van der Waals surface area contributed by atoms with E-state index in [1.165, 1.54) is 5.56 Å². The summed E-state index contributed by atoms with van der Waals surface area (Å²) in [5.74, 6) is 0.119. The first-order valence-electron chi connectivity index (χ1n) is 8.03. The van der Waals surface area contributed by atoms with Crippen molar-refractivity contribution in [2.24, 2.45) is 0 Å². The van der Waals surface area contributed by atoms with Crippen molar-refractivity contribution in [3.63, 3.8) is 0 Å². The predicted octanol–water partition coefficient (Wildman–Crippen LogP) is 4.43. The van der Waals surface area contributed by atoms with Gasteiger partial charge in [-0.3, -0.25) is 10.1 Å². The molecule has 0 aliphatic carbocycles. The molecule has 0 bridgehead atoms. The summed E-state index contributed by atoms with van der Waals surface area (Å²) in [5, 5.41) is 10.7. The van der Waals surface area contributed by atoms with Crippen molar-refractivity contribution in [1.82, 2.24) is 10.3 Å². The molecule has 0 spiro atoms. The van der Waals surface area contributed by atoms with Crippen LogP contribution in [0, 0.1) is 6.92 Å². The molecule has 0 saturated heterocycles. The standard InChI is InChI=1S/C18H18ClN3O3/c1-3-12-4-6-13(7-5-12)15-10-17(24-22-15)20-16(23)9-8-14-11(2)21-25-18(14)19/h4-7,10H,3,8-9H2,1-2H3,(H,20,23). The fourth-order valence-electron chi connectivity index (χ4n) is 2.46. The van der Waals surface area contributed by atoms with Crippen molar-refractivity contribution in [3.8, 4) is 11.3 Å². The molecule has 130 valence electrons. The Balaban J connectivity index is 1.59. The van der Waals surface area contributed by atoms with Crippen molar-refractivity contribution in [3.05, 3.63) is 52.4 Å². The molecular formula is C18H18ClN3O3. The molecule has 3 aromatic rings. The van der Waals surface area contributed by atoms with Gasteiger partial charge < -0.3 is 9.05 Å². The number of carbonyl (C=O) groups is 1. The second-order valence-corrected chi connectivity index (χ2v) is 6.04. The van der Waals surface area contributed by atoms with Crippen LogP contribution in [-0.2, 0) is 17.6 Å². The van der Waals surface area contributed by atoms with E-state index in [4.69, 9.17) is 20.6 Å². The van der Waals surface area contributed by atoms with E-state index >= 15 is 0 Å². The summed E-state index contributed by atoms with van der Waals surface area (Å²) in [4.78, 5) is 12.1. The number of aryl methyl sites for hydroxylation is 2. The highest BCUT2D eigenvalue weighted by Gasteiger charge is 2.14. The Kier molecular flexibility index (Phi) is 5.19. The number of benzene rings is 1. The average molecular weight is 360 g/mol. The van der Waals surface area contributed by atoms with Gasteiger partial charge in [0.15, 0.2) is 0 Å². The predicted molar refractivity (Wildman–Crippen MR) is 94.5 cm³/mol. The second-order valence-electron chi connectivity index (χ2n) is 5.70. The number of amides is 1. The van der Waals surface area contributed by atoms with Gasteiger partial charge in [0.25, 0.3) is 0 Å². The lowest BCUT2D eigenvalue weighted by Crippen LogP contribution is -2.11. The molecule has 0 radical (unpaired) electrons. The summed E-state index contributed by atoms with van der Waals surface area (Å²) in [7, 11) is 0. The van der Waals surface area contributed by atoms with Crippen LogP contribution in [0.4, 0.5) is 5.88 Å². The van der Waals surface area contributed by atoms with Crippen LogP contribution >= 0.6 is 11.6 Å². The number of nitrogens with zero attached hydrogens (tertiary/aromatic N) is 2. The van der Waals surface area contributed by atoms with E-state index in [9.17, 15) is 4.79 Å². The number of hydrogen-bond donors (Lipinski definition) is 1. The number of hydrogen-bond acceptors (Lipinski definition) is 5. The van der Waals surface area contributed by atoms with Crippen LogP contribution in [0.2, 0.25) is 5.22 Å². The number of halogens is 1. The largest absolute Gasteiger partial charge is 0.344 e. The van der Waals surface area contributed by atoms with E-state index in [-0.39, 0.29) is 17.5 Å². The van der Waals surface area contributed by atoms with Gasteiger partial charge in [0.1, 0.15) is 5.69 Å². The van der Waals surface area contributed by atoms with Crippen molar-refractivity contribution in [2.75, 3.05) is 5.32 Å². The van der Waals surface area contributed by atoms with E-state index in [1.54, 1.807) is 13.0 Å². The van der Waals surface area contributed by atoms with Gasteiger partial charge in [0.2, 0.25) is 17.0 Å². The monoisotopic (exact) mass is 359 g/mol. The zero-order valence-corrected chi connectivity index (χ0v) is 14.8. The molecule has 0 unspecified atom stereocenters. The van der Waals surface area contributed by atoms with Gasteiger partial charge in [0, 0.05) is 23.6 Å². The molecule has 2 aromatic heterocycles. The number of anilines is 1. The van der Waals surface area contributed by atoms with Crippen LogP contribution in [0.1, 0.15) is 30.2 Å². The second kappa shape index (κ2) is 7.53. The van der Waals surface area contributed by atoms with Gasteiger partial charge in [-0.15, -0.1) is 0 Å². The van der Waals surface area contributed by atoms with Crippen LogP contribution in [-0.4, -0.2) is 16.2 Å². The molecule has 1 amide bonds. The van der Waals surface area contributed by atoms with Gasteiger partial charge in [-0.1, -0.05) is 41.5 Å². The quantitative estimate of drug-likeness (QED) is 0.704. The first-order valence-corrected chi connectivity index (χ1v) is 8.41. The maximum atomic E-state index is 12.1. The third-order valence-corrected chi connectivity index (χ3v) is 4.27. The van der Waals surface area contributed by atoms with E-state index in [0.717, 1.165) is 17.5 Å². The summed E-state index contributed by atoms with van der Waals surface area (Å²) < 4.78 is 10.1. The molecule has 1 N–H and O–H groups in total. The summed E-state index contributed by atoms with van der Waals surface area (Å²) in [6, 6.07) is 9.77. The highest BCUT2D eigenvalue weighted by Crippen LogP contribution is 2.23. The first kappa shape index (κ1) is 17.2. The minimum atomic E-state index is -0.194. The molecule has 0 atom stereocenters. The smallest absolute Gasteiger partial charge is 0.231 e. The molecular weight excluding hydrogens is 342 g/mol. The number of rotatable bonds is 6. The molecule has 0 aliphatic heterocycles. The Morgan fingerprint density at radius 2 is 1.96 bits per heavy atom. The van der Waals surface area contributed by atoms with Gasteiger partial charge >= 0.3 is 0 Å². The minimum Gasteiger partial charge on any atom is -0.344 e. The highest BCUT2D eigenvalue weighted by molar-refractivity contribution is 6.29. The minimum absolute atomic E-state index is 0.194.